The summed E-state index contributed by atoms with van der Waals surface area (Å²) in [5, 5.41) is 13.0. The molecule has 0 aromatic heterocycles. The van der Waals surface area contributed by atoms with Gasteiger partial charge in [-0.05, 0) is 50.5 Å². The largest absolute Gasteiger partial charge is 0.489 e. The Morgan fingerprint density at radius 1 is 1.03 bits per heavy atom. The zero-order valence-corrected chi connectivity index (χ0v) is 21.3. The van der Waals surface area contributed by atoms with E-state index < -0.39 is 35.7 Å². The Hall–Kier alpha value is -3.24. The lowest BCUT2D eigenvalue weighted by Gasteiger charge is -2.35. The van der Waals surface area contributed by atoms with E-state index in [0.29, 0.717) is 17.9 Å². The SMILES string of the molecule is CC(C)(C)OC(=O)NC(Cc1ccc(OCc2ccccc2)cc1)C(O)C(F)(F)C(=O)N1CCOCC1. The third-order valence-corrected chi connectivity index (χ3v) is 5.67. The van der Waals surface area contributed by atoms with Gasteiger partial charge < -0.3 is 29.5 Å². The van der Waals surface area contributed by atoms with Gasteiger partial charge in [-0.15, -0.1) is 0 Å². The molecular formula is C27H34F2N2O6. The van der Waals surface area contributed by atoms with Crippen LogP contribution in [0.5, 0.6) is 5.75 Å². The number of ether oxygens (including phenoxy) is 3. The van der Waals surface area contributed by atoms with Crippen molar-refractivity contribution in [1.29, 1.82) is 0 Å². The zero-order chi connectivity index (χ0) is 27.1. The molecule has 1 aliphatic heterocycles. The summed E-state index contributed by atoms with van der Waals surface area (Å²) in [6.07, 6.45) is -3.65. The number of aliphatic hydroxyl groups is 1. The highest BCUT2D eigenvalue weighted by atomic mass is 19.3. The lowest BCUT2D eigenvalue weighted by atomic mass is 9.96. The van der Waals surface area contributed by atoms with Crippen LogP contribution in [0.15, 0.2) is 54.6 Å². The van der Waals surface area contributed by atoms with Gasteiger partial charge in [0.2, 0.25) is 0 Å². The van der Waals surface area contributed by atoms with Crippen LogP contribution in [-0.4, -0.2) is 72.0 Å². The third-order valence-electron chi connectivity index (χ3n) is 5.67. The van der Waals surface area contributed by atoms with Crippen molar-refractivity contribution in [3.8, 4) is 5.75 Å². The predicted molar refractivity (Wildman–Crippen MR) is 132 cm³/mol. The summed E-state index contributed by atoms with van der Waals surface area (Å²) in [6, 6.07) is 14.7. The molecule has 0 aliphatic carbocycles. The van der Waals surface area contributed by atoms with E-state index in [4.69, 9.17) is 14.2 Å². The van der Waals surface area contributed by atoms with Crippen LogP contribution in [0.25, 0.3) is 0 Å². The fourth-order valence-electron chi connectivity index (χ4n) is 3.77. The molecule has 2 amide bonds. The van der Waals surface area contributed by atoms with Gasteiger partial charge in [0.25, 0.3) is 5.91 Å². The highest BCUT2D eigenvalue weighted by Crippen LogP contribution is 2.27. The number of alkyl halides is 2. The first-order chi connectivity index (χ1) is 17.5. The maximum Gasteiger partial charge on any atom is 0.407 e. The number of morpholine rings is 1. The fourth-order valence-corrected chi connectivity index (χ4v) is 3.77. The molecule has 2 atom stereocenters. The Bertz CT molecular complexity index is 1020. The summed E-state index contributed by atoms with van der Waals surface area (Å²) in [4.78, 5) is 25.9. The first-order valence-electron chi connectivity index (χ1n) is 12.1. The molecular weight excluding hydrogens is 486 g/mol. The van der Waals surface area contributed by atoms with Crippen LogP contribution in [0.4, 0.5) is 13.6 Å². The average Bonchev–Trinajstić information content (AvgIpc) is 2.87. The van der Waals surface area contributed by atoms with E-state index in [1.807, 2.05) is 30.3 Å². The Labute approximate surface area is 215 Å². The molecule has 1 fully saturated rings. The Balaban J connectivity index is 1.73. The molecule has 0 bridgehead atoms. The number of nitrogens with zero attached hydrogens (tertiary/aromatic N) is 1. The van der Waals surface area contributed by atoms with Gasteiger partial charge in [-0.25, -0.2) is 4.79 Å². The molecule has 2 N–H and O–H groups in total. The van der Waals surface area contributed by atoms with Crippen molar-refractivity contribution >= 4 is 12.0 Å². The number of nitrogens with one attached hydrogen (secondary N) is 1. The molecule has 0 radical (unpaired) electrons. The Morgan fingerprint density at radius 3 is 2.24 bits per heavy atom. The molecule has 2 aromatic carbocycles. The summed E-state index contributed by atoms with van der Waals surface area (Å²) >= 11 is 0. The monoisotopic (exact) mass is 520 g/mol. The predicted octanol–water partition coefficient (Wildman–Crippen LogP) is 3.56. The average molecular weight is 521 g/mol. The van der Waals surface area contributed by atoms with E-state index in [1.165, 1.54) is 0 Å². The lowest BCUT2D eigenvalue weighted by Crippen LogP contribution is -2.60. The zero-order valence-electron chi connectivity index (χ0n) is 21.3. The number of carbonyl (C=O) groups excluding carboxylic acids is 2. The first kappa shape index (κ1) is 28.3. The second-order valence-electron chi connectivity index (χ2n) is 9.85. The van der Waals surface area contributed by atoms with Crippen molar-refractivity contribution in [1.82, 2.24) is 10.2 Å². The molecule has 0 saturated carbocycles. The van der Waals surface area contributed by atoms with Crippen molar-refractivity contribution in [3.63, 3.8) is 0 Å². The van der Waals surface area contributed by atoms with Gasteiger partial charge in [-0.1, -0.05) is 42.5 Å². The minimum Gasteiger partial charge on any atom is -0.489 e. The highest BCUT2D eigenvalue weighted by molar-refractivity contribution is 5.84. The first-order valence-corrected chi connectivity index (χ1v) is 12.1. The molecule has 2 unspecified atom stereocenters. The molecule has 1 saturated heterocycles. The minimum absolute atomic E-state index is 0.00422. The van der Waals surface area contributed by atoms with Crippen molar-refractivity contribution < 1.29 is 37.7 Å². The number of amides is 2. The van der Waals surface area contributed by atoms with Crippen molar-refractivity contribution in [2.75, 3.05) is 26.3 Å². The molecule has 8 nitrogen and oxygen atoms in total. The summed E-state index contributed by atoms with van der Waals surface area (Å²) in [7, 11) is 0. The summed E-state index contributed by atoms with van der Waals surface area (Å²) in [5.74, 6) is -5.09. The smallest absolute Gasteiger partial charge is 0.407 e. The quantitative estimate of drug-likeness (QED) is 0.525. The third kappa shape index (κ3) is 8.40. The second-order valence-corrected chi connectivity index (χ2v) is 9.85. The van der Waals surface area contributed by atoms with Crippen molar-refractivity contribution in [2.24, 2.45) is 0 Å². The molecule has 3 rings (SSSR count). The molecule has 2 aromatic rings. The van der Waals surface area contributed by atoms with Crippen LogP contribution in [0.3, 0.4) is 0 Å². The second kappa shape index (κ2) is 12.3. The number of halogens is 2. The van der Waals surface area contributed by atoms with E-state index in [2.05, 4.69) is 5.32 Å². The maximum atomic E-state index is 15.2. The van der Waals surface area contributed by atoms with Crippen LogP contribution in [0.1, 0.15) is 31.9 Å². The minimum atomic E-state index is -4.14. The normalized spacial score (nSPS) is 16.0. The van der Waals surface area contributed by atoms with E-state index >= 15 is 8.78 Å². The summed E-state index contributed by atoms with van der Waals surface area (Å²) in [5.41, 5.74) is 0.647. The van der Waals surface area contributed by atoms with Gasteiger partial charge in [0.15, 0.2) is 0 Å². The van der Waals surface area contributed by atoms with Gasteiger partial charge in [-0.3, -0.25) is 4.79 Å². The van der Waals surface area contributed by atoms with E-state index in [0.717, 1.165) is 10.5 Å². The van der Waals surface area contributed by atoms with Crippen molar-refractivity contribution in [2.45, 2.75) is 57.5 Å². The molecule has 0 spiro atoms. The molecule has 10 heteroatoms. The van der Waals surface area contributed by atoms with Gasteiger partial charge in [0.05, 0.1) is 19.3 Å². The van der Waals surface area contributed by atoms with Gasteiger partial charge in [-0.2, -0.15) is 8.78 Å². The topological polar surface area (TPSA) is 97.3 Å². The lowest BCUT2D eigenvalue weighted by molar-refractivity contribution is -0.181. The standard InChI is InChI=1S/C27H34F2N2O6/c1-26(2,3)37-25(34)30-22(23(32)27(28,29)24(33)31-13-15-35-16-14-31)17-19-9-11-21(12-10-19)36-18-20-7-5-4-6-8-20/h4-12,22-23,32H,13-18H2,1-3H3,(H,30,34). The number of hydrogen-bond acceptors (Lipinski definition) is 6. The fraction of sp³-hybridized carbons (Fsp3) is 0.481. The molecule has 1 aliphatic rings. The van der Waals surface area contributed by atoms with Gasteiger partial charge in [0.1, 0.15) is 24.1 Å². The number of aliphatic hydroxyl groups excluding tert-OH is 1. The number of carbonyl (C=O) groups is 2. The maximum absolute atomic E-state index is 15.2. The Kier molecular flexibility index (Phi) is 9.45. The van der Waals surface area contributed by atoms with Crippen LogP contribution >= 0.6 is 0 Å². The van der Waals surface area contributed by atoms with E-state index in [9.17, 15) is 14.7 Å². The van der Waals surface area contributed by atoms with E-state index in [-0.39, 0.29) is 32.7 Å². The Morgan fingerprint density at radius 2 is 1.65 bits per heavy atom. The van der Waals surface area contributed by atoms with E-state index in [1.54, 1.807) is 45.0 Å². The van der Waals surface area contributed by atoms with Crippen LogP contribution in [-0.2, 0) is 27.3 Å². The van der Waals surface area contributed by atoms with Crippen LogP contribution < -0.4 is 10.1 Å². The van der Waals surface area contributed by atoms with Crippen LogP contribution in [0, 0.1) is 0 Å². The van der Waals surface area contributed by atoms with Gasteiger partial charge >= 0.3 is 12.0 Å². The summed E-state index contributed by atoms with van der Waals surface area (Å²) in [6.45, 7) is 5.50. The molecule has 37 heavy (non-hydrogen) atoms. The summed E-state index contributed by atoms with van der Waals surface area (Å²) < 4.78 is 46.4. The molecule has 202 valence electrons. The number of benzene rings is 2. The van der Waals surface area contributed by atoms with Gasteiger partial charge in [0, 0.05) is 13.1 Å². The number of rotatable bonds is 9. The number of hydrogen-bond donors (Lipinski definition) is 2. The number of alkyl carbamates (subject to hydrolysis) is 1. The molecule has 1 heterocycles. The highest BCUT2D eigenvalue weighted by Gasteiger charge is 2.52. The van der Waals surface area contributed by atoms with Crippen LogP contribution in [0.2, 0.25) is 0 Å². The van der Waals surface area contributed by atoms with Crippen molar-refractivity contribution in [3.05, 3.63) is 65.7 Å².